The highest BCUT2D eigenvalue weighted by Crippen LogP contribution is 2.55. The van der Waals surface area contributed by atoms with E-state index in [9.17, 15) is 19.8 Å². The maximum absolute atomic E-state index is 12.6. The van der Waals surface area contributed by atoms with Crippen LogP contribution in [0.15, 0.2) is 54.2 Å². The Morgan fingerprint density at radius 1 is 1.11 bits per heavy atom. The number of nitrogens with zero attached hydrogens (tertiary/aromatic N) is 1. The SMILES string of the molecule is C[C@@H](O)[C@H]1C(=O)N2C(C(=O)O)=C3c4cccc(-c5ccccc5)c4CC[C@@H]3C12. The molecule has 28 heavy (non-hydrogen) atoms. The van der Waals surface area contributed by atoms with E-state index in [4.69, 9.17) is 0 Å². The van der Waals surface area contributed by atoms with Crippen molar-refractivity contribution in [3.05, 3.63) is 65.4 Å². The molecule has 2 N–H and O–H groups in total. The quantitative estimate of drug-likeness (QED) is 0.809. The number of hydrogen-bond acceptors (Lipinski definition) is 3. The highest BCUT2D eigenvalue weighted by Gasteiger charge is 2.61. The molecular weight excluding hydrogens is 354 g/mol. The van der Waals surface area contributed by atoms with Crippen molar-refractivity contribution in [3.63, 3.8) is 0 Å². The third-order valence-corrected chi connectivity index (χ3v) is 6.45. The summed E-state index contributed by atoms with van der Waals surface area (Å²) in [5.74, 6) is -1.91. The van der Waals surface area contributed by atoms with Gasteiger partial charge in [0.15, 0.2) is 0 Å². The zero-order valence-electron chi connectivity index (χ0n) is 15.5. The standard InChI is InChI=1S/C23H21NO4/c1-12(25)18-20-17-11-10-15-14(13-6-3-2-4-7-13)8-5-9-16(15)19(17)21(23(27)28)24(20)22(18)26/h2-9,12,17-18,20,25H,10-11H2,1H3,(H,27,28)/t12-,17+,18-,20?/m1/s1. The van der Waals surface area contributed by atoms with Crippen molar-refractivity contribution in [1.82, 2.24) is 4.90 Å². The highest BCUT2D eigenvalue weighted by molar-refractivity contribution is 6.07. The number of fused-ring (bicyclic) bond motifs is 5. The Labute approximate surface area is 162 Å². The molecule has 0 aromatic heterocycles. The molecule has 2 aromatic carbocycles. The van der Waals surface area contributed by atoms with E-state index < -0.39 is 18.0 Å². The third kappa shape index (κ3) is 2.17. The number of hydrogen-bond donors (Lipinski definition) is 2. The molecule has 0 saturated carbocycles. The first-order chi connectivity index (χ1) is 13.5. The molecule has 4 atom stereocenters. The van der Waals surface area contributed by atoms with Crippen LogP contribution in [-0.4, -0.2) is 39.1 Å². The van der Waals surface area contributed by atoms with Gasteiger partial charge in [-0.05, 0) is 47.6 Å². The summed E-state index contributed by atoms with van der Waals surface area (Å²) in [7, 11) is 0. The van der Waals surface area contributed by atoms with Gasteiger partial charge >= 0.3 is 5.97 Å². The minimum Gasteiger partial charge on any atom is -0.477 e. The molecule has 1 aliphatic carbocycles. The summed E-state index contributed by atoms with van der Waals surface area (Å²) in [5.41, 5.74) is 5.15. The van der Waals surface area contributed by atoms with Crippen molar-refractivity contribution < 1.29 is 19.8 Å². The number of rotatable bonds is 3. The number of amides is 1. The molecule has 0 bridgehead atoms. The molecule has 1 saturated heterocycles. The summed E-state index contributed by atoms with van der Waals surface area (Å²) in [4.78, 5) is 26.2. The Morgan fingerprint density at radius 2 is 1.82 bits per heavy atom. The van der Waals surface area contributed by atoms with Gasteiger partial charge in [-0.1, -0.05) is 48.5 Å². The largest absolute Gasteiger partial charge is 0.477 e. The van der Waals surface area contributed by atoms with Crippen LogP contribution >= 0.6 is 0 Å². The van der Waals surface area contributed by atoms with Crippen molar-refractivity contribution in [3.8, 4) is 11.1 Å². The van der Waals surface area contributed by atoms with Gasteiger partial charge < -0.3 is 15.1 Å². The van der Waals surface area contributed by atoms with Gasteiger partial charge in [0.1, 0.15) is 5.70 Å². The zero-order chi connectivity index (χ0) is 19.6. The van der Waals surface area contributed by atoms with Gasteiger partial charge in [0.2, 0.25) is 5.91 Å². The van der Waals surface area contributed by atoms with Crippen LogP contribution in [0.3, 0.4) is 0 Å². The lowest BCUT2D eigenvalue weighted by Gasteiger charge is -2.47. The molecule has 142 valence electrons. The van der Waals surface area contributed by atoms with E-state index in [1.165, 1.54) is 4.90 Å². The van der Waals surface area contributed by atoms with E-state index in [0.717, 1.165) is 40.7 Å². The minimum atomic E-state index is -1.07. The molecular formula is C23H21NO4. The molecule has 0 radical (unpaired) electrons. The molecule has 2 aliphatic heterocycles. The Balaban J connectivity index is 1.69. The number of aliphatic hydroxyl groups is 1. The van der Waals surface area contributed by atoms with Crippen molar-refractivity contribution in [2.45, 2.75) is 31.9 Å². The van der Waals surface area contributed by atoms with Crippen LogP contribution in [0.2, 0.25) is 0 Å². The Morgan fingerprint density at radius 3 is 2.50 bits per heavy atom. The fraction of sp³-hybridized carbons (Fsp3) is 0.304. The first-order valence-electron chi connectivity index (χ1n) is 9.67. The third-order valence-electron chi connectivity index (χ3n) is 6.45. The molecule has 1 fully saturated rings. The van der Waals surface area contributed by atoms with Crippen LogP contribution in [0.5, 0.6) is 0 Å². The number of carbonyl (C=O) groups is 2. The second kappa shape index (κ2) is 6.04. The normalized spacial score (nSPS) is 26.3. The maximum Gasteiger partial charge on any atom is 0.352 e. The molecule has 3 aliphatic rings. The van der Waals surface area contributed by atoms with Crippen LogP contribution in [0.25, 0.3) is 16.7 Å². The van der Waals surface area contributed by atoms with Gasteiger partial charge in [0.25, 0.3) is 0 Å². The minimum absolute atomic E-state index is 0.0399. The van der Waals surface area contributed by atoms with Crippen molar-refractivity contribution in [2.75, 3.05) is 0 Å². The van der Waals surface area contributed by atoms with E-state index in [1.807, 2.05) is 30.3 Å². The predicted octanol–water partition coefficient (Wildman–Crippen LogP) is 2.93. The zero-order valence-corrected chi connectivity index (χ0v) is 15.5. The van der Waals surface area contributed by atoms with Crippen LogP contribution in [0, 0.1) is 11.8 Å². The van der Waals surface area contributed by atoms with Crippen LogP contribution < -0.4 is 0 Å². The second-order valence-corrected chi connectivity index (χ2v) is 7.88. The highest BCUT2D eigenvalue weighted by atomic mass is 16.4. The van der Waals surface area contributed by atoms with Gasteiger partial charge in [-0.15, -0.1) is 0 Å². The molecule has 0 spiro atoms. The average molecular weight is 375 g/mol. The van der Waals surface area contributed by atoms with Crippen LogP contribution in [-0.2, 0) is 16.0 Å². The summed E-state index contributed by atoms with van der Waals surface area (Å²) in [6.07, 6.45) is 0.827. The monoisotopic (exact) mass is 375 g/mol. The molecule has 5 rings (SSSR count). The van der Waals surface area contributed by atoms with Crippen molar-refractivity contribution >= 4 is 17.4 Å². The summed E-state index contributed by atoms with van der Waals surface area (Å²) in [6, 6.07) is 15.8. The molecule has 1 unspecified atom stereocenters. The number of aliphatic hydroxyl groups excluding tert-OH is 1. The molecule has 1 amide bonds. The van der Waals surface area contributed by atoms with Gasteiger partial charge in [-0.3, -0.25) is 4.79 Å². The van der Waals surface area contributed by atoms with E-state index in [0.29, 0.717) is 0 Å². The number of carboxylic acid groups (broad SMARTS) is 1. The Hall–Kier alpha value is -2.92. The van der Waals surface area contributed by atoms with Gasteiger partial charge in [0.05, 0.1) is 18.1 Å². The van der Waals surface area contributed by atoms with Gasteiger partial charge in [-0.2, -0.15) is 0 Å². The maximum atomic E-state index is 12.6. The first kappa shape index (κ1) is 17.2. The lowest BCUT2D eigenvalue weighted by Crippen LogP contribution is -2.64. The topological polar surface area (TPSA) is 77.8 Å². The number of carboxylic acids is 1. The van der Waals surface area contributed by atoms with Gasteiger partial charge in [0, 0.05) is 5.92 Å². The summed E-state index contributed by atoms with van der Waals surface area (Å²) in [5, 5.41) is 20.0. The van der Waals surface area contributed by atoms with Gasteiger partial charge in [-0.25, -0.2) is 4.79 Å². The molecule has 2 aromatic rings. The van der Waals surface area contributed by atoms with E-state index in [2.05, 4.69) is 18.2 Å². The summed E-state index contributed by atoms with van der Waals surface area (Å²) in [6.45, 7) is 1.61. The van der Waals surface area contributed by atoms with Crippen molar-refractivity contribution in [2.24, 2.45) is 11.8 Å². The average Bonchev–Trinajstić information content (AvgIpc) is 2.99. The number of β-lactam (4-membered cyclic amide) rings is 1. The Bertz CT molecular complexity index is 1020. The Kier molecular flexibility index (Phi) is 3.71. The number of aliphatic carboxylic acids is 1. The summed E-state index contributed by atoms with van der Waals surface area (Å²) >= 11 is 0. The lowest BCUT2D eigenvalue weighted by atomic mass is 9.70. The smallest absolute Gasteiger partial charge is 0.352 e. The molecule has 5 heteroatoms. The summed E-state index contributed by atoms with van der Waals surface area (Å²) < 4.78 is 0. The fourth-order valence-electron chi connectivity index (χ4n) is 5.35. The number of carbonyl (C=O) groups excluding carboxylic acids is 1. The fourth-order valence-corrected chi connectivity index (χ4v) is 5.35. The van der Waals surface area contributed by atoms with E-state index in [-0.39, 0.29) is 23.6 Å². The van der Waals surface area contributed by atoms with Crippen LogP contribution in [0.4, 0.5) is 0 Å². The van der Waals surface area contributed by atoms with E-state index in [1.54, 1.807) is 6.92 Å². The lowest BCUT2D eigenvalue weighted by molar-refractivity contribution is -0.163. The molecule has 2 heterocycles. The number of benzene rings is 2. The van der Waals surface area contributed by atoms with Crippen LogP contribution in [0.1, 0.15) is 24.5 Å². The second-order valence-electron chi connectivity index (χ2n) is 7.88. The predicted molar refractivity (Wildman–Crippen MR) is 104 cm³/mol. The first-order valence-corrected chi connectivity index (χ1v) is 9.67. The van der Waals surface area contributed by atoms with Crippen molar-refractivity contribution in [1.29, 1.82) is 0 Å². The van der Waals surface area contributed by atoms with E-state index >= 15 is 0 Å². The molecule has 5 nitrogen and oxygen atoms in total.